The molecule has 224 valence electrons. The van der Waals surface area contributed by atoms with E-state index in [9.17, 15) is 22.0 Å². The summed E-state index contributed by atoms with van der Waals surface area (Å²) in [5, 5.41) is 6.06. The number of hydrogen-bond acceptors (Lipinski definition) is 0. The zero-order chi connectivity index (χ0) is 30.3. The third-order valence-electron chi connectivity index (χ3n) is 6.10. The van der Waals surface area contributed by atoms with Crippen molar-refractivity contribution >= 4 is 37.1 Å². The van der Waals surface area contributed by atoms with E-state index in [0.717, 1.165) is 6.07 Å². The summed E-state index contributed by atoms with van der Waals surface area (Å²) in [6.45, 7) is 6.50. The van der Waals surface area contributed by atoms with Gasteiger partial charge >= 0.3 is 20.4 Å². The fourth-order valence-electron chi connectivity index (χ4n) is 4.21. The molecule has 0 spiro atoms. The van der Waals surface area contributed by atoms with Crippen molar-refractivity contribution in [2.24, 2.45) is 0 Å². The van der Waals surface area contributed by atoms with Gasteiger partial charge in [-0.15, -0.1) is 6.07 Å². The normalized spacial score (nSPS) is 10.1. The predicted molar refractivity (Wildman–Crippen MR) is 171 cm³/mol. The maximum atomic E-state index is 12.0. The molecule has 0 amide bonds. The van der Waals surface area contributed by atoms with Gasteiger partial charge in [0.25, 0.3) is 0 Å². The summed E-state index contributed by atoms with van der Waals surface area (Å²) in [5.41, 5.74) is 0. The van der Waals surface area contributed by atoms with E-state index in [2.05, 4.69) is 135 Å². The number of rotatable bonds is 7. The van der Waals surface area contributed by atoms with Gasteiger partial charge in [0.05, 0.1) is 66.1 Å². The van der Waals surface area contributed by atoms with Gasteiger partial charge in [0.1, 0.15) is 12.3 Å². The average molecular weight is 715 g/mol. The van der Waals surface area contributed by atoms with Crippen LogP contribution in [0.15, 0.2) is 134 Å². The summed E-state index contributed by atoms with van der Waals surface area (Å²) in [6, 6.07) is 45.5. The zero-order valence-corrected chi connectivity index (χ0v) is 26.7. The minimum Gasteiger partial charge on any atom is -0.278 e. The van der Waals surface area contributed by atoms with Crippen LogP contribution in [0.5, 0.6) is 0 Å². The molecule has 0 fully saturated rings. The molecule has 0 heterocycles. The van der Waals surface area contributed by atoms with Crippen molar-refractivity contribution in [3.05, 3.63) is 176 Å². The summed E-state index contributed by atoms with van der Waals surface area (Å²) in [7, 11) is -1.57. The quantitative estimate of drug-likeness (QED) is 0.0402. The van der Waals surface area contributed by atoms with E-state index in [0.29, 0.717) is 0 Å². The van der Waals surface area contributed by atoms with Gasteiger partial charge in [-0.25, -0.2) is 32.7 Å². The number of hydrogen-bond donors (Lipinski definition) is 0. The summed E-state index contributed by atoms with van der Waals surface area (Å²) < 4.78 is 59.9. The molecule has 0 unspecified atom stereocenters. The van der Waals surface area contributed by atoms with Crippen LogP contribution in [-0.2, 0) is 20.4 Å². The Morgan fingerprint density at radius 3 is 0.977 bits per heavy atom. The zero-order valence-electron chi connectivity index (χ0n) is 23.2. The molecular weight excluding hydrogens is 684 g/mol. The second-order valence-corrected chi connectivity index (χ2v) is 14.1. The van der Waals surface area contributed by atoms with E-state index in [1.54, 1.807) is 0 Å². The molecule has 0 nitrogen and oxygen atoms in total. The van der Waals surface area contributed by atoms with Crippen molar-refractivity contribution in [1.82, 2.24) is 0 Å². The molecule has 0 saturated heterocycles. The monoisotopic (exact) mass is 714 g/mol. The molecule has 5 aromatic carbocycles. The van der Waals surface area contributed by atoms with Crippen LogP contribution < -0.4 is 21.2 Å². The number of benzene rings is 5. The second kappa shape index (κ2) is 19.2. The number of allylic oxidation sites excluding steroid dienone is 1. The predicted octanol–water partition coefficient (Wildman–Crippen LogP) is 7.90. The van der Waals surface area contributed by atoms with Gasteiger partial charge in [0.15, 0.2) is 0 Å². The Kier molecular flexibility index (Phi) is 16.1. The standard InChI is InChI=1S/C26H24P2.C6F5.C3H5.Pd/c1-5-13-23(14-6-1)27(24-15-7-2-8-16-24)21-22-28(25-17-9-3-10-18-25)26-19-11-4-12-20-26;7-2-1-3(8)5(10)6(11)4(2)9;1-3-2;/h1-20H,21-22H2;;3H,1-2H2;/q;2*-1;+2/p+2. The van der Waals surface area contributed by atoms with Gasteiger partial charge in [-0.05, 0) is 48.5 Å². The minimum atomic E-state index is -2.17. The molecule has 0 saturated carbocycles. The van der Waals surface area contributed by atoms with Crippen LogP contribution >= 0.6 is 15.8 Å². The van der Waals surface area contributed by atoms with E-state index in [4.69, 9.17) is 0 Å². The van der Waals surface area contributed by atoms with Crippen LogP contribution in [0.4, 0.5) is 22.0 Å². The van der Waals surface area contributed by atoms with E-state index in [1.807, 2.05) is 0 Å². The molecule has 0 aliphatic carbocycles. The largest absolute Gasteiger partial charge is 2.00 e. The van der Waals surface area contributed by atoms with Gasteiger partial charge < -0.3 is 0 Å². The summed E-state index contributed by atoms with van der Waals surface area (Å²) in [4.78, 5) is 0. The number of halogens is 5. The first-order chi connectivity index (χ1) is 20.4. The van der Waals surface area contributed by atoms with Gasteiger partial charge in [-0.2, -0.15) is 0 Å². The van der Waals surface area contributed by atoms with Crippen molar-refractivity contribution in [2.75, 3.05) is 12.3 Å². The fraction of sp³-hybridized carbons (Fsp3) is 0.0571. The fourth-order valence-corrected chi connectivity index (χ4v) is 10.4. The van der Waals surface area contributed by atoms with Crippen molar-refractivity contribution in [3.63, 3.8) is 0 Å². The van der Waals surface area contributed by atoms with Crippen LogP contribution in [0.1, 0.15) is 0 Å². The third-order valence-corrected chi connectivity index (χ3v) is 12.2. The van der Waals surface area contributed by atoms with Crippen molar-refractivity contribution in [3.8, 4) is 0 Å². The van der Waals surface area contributed by atoms with Crippen molar-refractivity contribution < 1.29 is 42.4 Å². The Morgan fingerprint density at radius 1 is 0.512 bits per heavy atom. The molecule has 8 heteroatoms. The summed E-state index contributed by atoms with van der Waals surface area (Å²) in [5.74, 6) is -10.0. The van der Waals surface area contributed by atoms with Crippen LogP contribution in [0.25, 0.3) is 0 Å². The van der Waals surface area contributed by atoms with Crippen LogP contribution in [0.2, 0.25) is 0 Å². The smallest absolute Gasteiger partial charge is 0.278 e. The molecular formula is C35H31F5P2Pd+2. The molecule has 0 radical (unpaired) electrons. The Morgan fingerprint density at radius 2 is 0.744 bits per heavy atom. The molecule has 0 bridgehead atoms. The average Bonchev–Trinajstić information content (AvgIpc) is 3.04. The van der Waals surface area contributed by atoms with Crippen molar-refractivity contribution in [2.45, 2.75) is 0 Å². The van der Waals surface area contributed by atoms with Crippen LogP contribution in [0, 0.1) is 42.1 Å². The molecule has 0 aliphatic heterocycles. The molecule has 43 heavy (non-hydrogen) atoms. The Hall–Kier alpha value is -3.12. The molecule has 0 aliphatic rings. The molecule has 5 rings (SSSR count). The SMILES string of the molecule is C=C[CH2-].Fc1[c-]c(F)c(F)c(F)c1F.[Pd+2].c1ccc([PH+](CC[PH+](c2ccccc2)c2ccccc2)c2ccccc2)cc1. The van der Waals surface area contributed by atoms with Gasteiger partial charge in [-0.1, -0.05) is 72.8 Å². The second-order valence-electron chi connectivity index (χ2n) is 8.90. The minimum absolute atomic E-state index is 0. The summed E-state index contributed by atoms with van der Waals surface area (Å²) in [6.07, 6.45) is 4.02. The Labute approximate surface area is 266 Å². The molecule has 0 aromatic heterocycles. The molecule has 0 atom stereocenters. The third kappa shape index (κ3) is 10.8. The van der Waals surface area contributed by atoms with Crippen molar-refractivity contribution in [1.29, 1.82) is 0 Å². The topological polar surface area (TPSA) is 0 Å². The van der Waals surface area contributed by atoms with E-state index < -0.39 is 44.9 Å². The maximum absolute atomic E-state index is 12.0. The Balaban J connectivity index is 0.000000361. The molecule has 0 N–H and O–H groups in total. The first-order valence-corrected chi connectivity index (χ1v) is 16.5. The molecule has 5 aromatic rings. The van der Waals surface area contributed by atoms with Gasteiger partial charge in [0.2, 0.25) is 0 Å². The van der Waals surface area contributed by atoms with E-state index in [1.165, 1.54) is 39.6 Å². The first-order valence-electron chi connectivity index (χ1n) is 13.1. The maximum Gasteiger partial charge on any atom is 2.00 e. The first kappa shape index (κ1) is 36.1. The van der Waals surface area contributed by atoms with E-state index in [-0.39, 0.29) is 20.4 Å². The summed E-state index contributed by atoms with van der Waals surface area (Å²) >= 11 is 0. The Bertz CT molecular complexity index is 1320. The van der Waals surface area contributed by atoms with E-state index >= 15 is 0 Å². The van der Waals surface area contributed by atoms with Crippen LogP contribution in [0.3, 0.4) is 0 Å². The van der Waals surface area contributed by atoms with Crippen LogP contribution in [-0.4, -0.2) is 12.3 Å². The van der Waals surface area contributed by atoms with Gasteiger partial charge in [-0.3, -0.25) is 8.78 Å². The van der Waals surface area contributed by atoms with Gasteiger partial charge in [0, 0.05) is 0 Å².